The van der Waals surface area contributed by atoms with E-state index in [9.17, 15) is 0 Å². The van der Waals surface area contributed by atoms with Gasteiger partial charge in [0, 0.05) is 5.92 Å². The van der Waals surface area contributed by atoms with E-state index < -0.39 is 0 Å². The molecule has 132 valence electrons. The molecule has 3 rings (SSSR count). The Balaban J connectivity index is 2.01. The number of rotatable bonds is 4. The number of allylic oxidation sites excluding steroid dienone is 7. The Kier molecular flexibility index (Phi) is 5.42. The molecule has 0 heteroatoms. The number of benzene rings is 2. The van der Waals surface area contributed by atoms with E-state index in [1.54, 1.807) is 0 Å². The van der Waals surface area contributed by atoms with Crippen LogP contribution in [0.3, 0.4) is 0 Å². The van der Waals surface area contributed by atoms with Crippen LogP contribution in [0.2, 0.25) is 0 Å². The van der Waals surface area contributed by atoms with Crippen LogP contribution in [0.25, 0.3) is 11.6 Å². The second kappa shape index (κ2) is 7.74. The standard InChI is InChI=1S/C26H28/c1-18-19(2)21(4)25(22(5)20(18)3)16-11-17-26(24-14-9-10-15-24)23-12-7-6-8-13-23/h6-17,24H,1-5H3. The smallest absolute Gasteiger partial charge is 0.0210 e. The van der Waals surface area contributed by atoms with E-state index in [0.29, 0.717) is 5.92 Å². The SMILES string of the molecule is Cc1c(C)c(C)c(C=CC=C(c2ccccc2)C2C=CC=C2)c(C)c1C. The van der Waals surface area contributed by atoms with Crippen LogP contribution in [0.5, 0.6) is 0 Å². The summed E-state index contributed by atoms with van der Waals surface area (Å²) in [7, 11) is 0. The van der Waals surface area contributed by atoms with Crippen molar-refractivity contribution < 1.29 is 0 Å². The van der Waals surface area contributed by atoms with Gasteiger partial charge in [-0.25, -0.2) is 0 Å². The Bertz CT molecular complexity index is 877. The molecular weight excluding hydrogens is 312 g/mol. The van der Waals surface area contributed by atoms with Gasteiger partial charge in [0.25, 0.3) is 0 Å². The molecule has 0 spiro atoms. The number of hydrogen-bond donors (Lipinski definition) is 0. The van der Waals surface area contributed by atoms with Crippen LogP contribution in [0, 0.1) is 40.5 Å². The van der Waals surface area contributed by atoms with Crippen molar-refractivity contribution in [1.82, 2.24) is 0 Å². The topological polar surface area (TPSA) is 0 Å². The maximum absolute atomic E-state index is 2.27. The van der Waals surface area contributed by atoms with Gasteiger partial charge in [-0.1, -0.05) is 72.9 Å². The molecule has 0 aliphatic heterocycles. The second-order valence-electron chi connectivity index (χ2n) is 7.18. The van der Waals surface area contributed by atoms with Gasteiger partial charge in [-0.2, -0.15) is 0 Å². The van der Waals surface area contributed by atoms with E-state index in [0.717, 1.165) is 0 Å². The molecule has 26 heavy (non-hydrogen) atoms. The van der Waals surface area contributed by atoms with Crippen LogP contribution in [-0.2, 0) is 0 Å². The minimum Gasteiger partial charge on any atom is -0.0732 e. The normalized spacial score (nSPS) is 14.7. The maximum atomic E-state index is 2.27. The molecule has 0 unspecified atom stereocenters. The zero-order valence-corrected chi connectivity index (χ0v) is 16.5. The predicted molar refractivity (Wildman–Crippen MR) is 115 cm³/mol. The third-order valence-corrected chi connectivity index (χ3v) is 5.81. The fourth-order valence-electron chi connectivity index (χ4n) is 3.70. The van der Waals surface area contributed by atoms with Gasteiger partial charge in [-0.3, -0.25) is 0 Å². The molecule has 0 radical (unpaired) electrons. The first kappa shape index (κ1) is 18.2. The van der Waals surface area contributed by atoms with Crippen LogP contribution in [0.4, 0.5) is 0 Å². The molecule has 0 saturated carbocycles. The monoisotopic (exact) mass is 340 g/mol. The molecule has 0 amide bonds. The summed E-state index contributed by atoms with van der Waals surface area (Å²) in [5.41, 5.74) is 11.0. The fraction of sp³-hybridized carbons (Fsp3) is 0.231. The van der Waals surface area contributed by atoms with Crippen LogP contribution in [0.15, 0.2) is 66.8 Å². The van der Waals surface area contributed by atoms with Gasteiger partial charge in [0.15, 0.2) is 0 Å². The Hall–Kier alpha value is -2.60. The first-order chi connectivity index (χ1) is 12.5. The summed E-state index contributed by atoms with van der Waals surface area (Å²) in [5.74, 6) is 0.353. The summed E-state index contributed by atoms with van der Waals surface area (Å²) in [6.45, 7) is 11.2. The molecule has 0 saturated heterocycles. The Morgan fingerprint density at radius 1 is 0.731 bits per heavy atom. The molecule has 2 aromatic carbocycles. The van der Waals surface area contributed by atoms with Crippen molar-refractivity contribution in [2.75, 3.05) is 0 Å². The van der Waals surface area contributed by atoms with E-state index in [1.165, 1.54) is 44.5 Å². The van der Waals surface area contributed by atoms with Crippen molar-refractivity contribution in [3.63, 3.8) is 0 Å². The summed E-state index contributed by atoms with van der Waals surface area (Å²) in [6, 6.07) is 10.7. The average molecular weight is 341 g/mol. The van der Waals surface area contributed by atoms with Gasteiger partial charge in [-0.15, -0.1) is 0 Å². The minimum absolute atomic E-state index is 0.353. The van der Waals surface area contributed by atoms with Crippen molar-refractivity contribution in [3.05, 3.63) is 106 Å². The molecule has 0 N–H and O–H groups in total. The Morgan fingerprint density at radius 3 is 1.85 bits per heavy atom. The zero-order valence-electron chi connectivity index (χ0n) is 16.5. The molecular formula is C26H28. The molecule has 0 fully saturated rings. The van der Waals surface area contributed by atoms with Gasteiger partial charge in [0.05, 0.1) is 0 Å². The first-order valence-corrected chi connectivity index (χ1v) is 9.36. The summed E-state index contributed by atoms with van der Waals surface area (Å²) in [6.07, 6.45) is 15.5. The Morgan fingerprint density at radius 2 is 1.27 bits per heavy atom. The summed E-state index contributed by atoms with van der Waals surface area (Å²) >= 11 is 0. The maximum Gasteiger partial charge on any atom is 0.0210 e. The van der Waals surface area contributed by atoms with E-state index >= 15 is 0 Å². The van der Waals surface area contributed by atoms with Gasteiger partial charge >= 0.3 is 0 Å². The third kappa shape index (κ3) is 3.51. The van der Waals surface area contributed by atoms with Gasteiger partial charge in [-0.05, 0) is 79.1 Å². The largest absolute Gasteiger partial charge is 0.0732 e. The lowest BCUT2D eigenvalue weighted by atomic mass is 9.89. The van der Waals surface area contributed by atoms with E-state index in [-0.39, 0.29) is 0 Å². The Labute approximate surface area is 158 Å². The number of hydrogen-bond acceptors (Lipinski definition) is 0. The predicted octanol–water partition coefficient (Wildman–Crippen LogP) is 7.07. The van der Waals surface area contributed by atoms with E-state index in [2.05, 4.69) is 107 Å². The van der Waals surface area contributed by atoms with Crippen molar-refractivity contribution in [3.8, 4) is 0 Å². The lowest BCUT2D eigenvalue weighted by molar-refractivity contribution is 1.12. The lowest BCUT2D eigenvalue weighted by Gasteiger charge is -2.16. The van der Waals surface area contributed by atoms with Crippen LogP contribution >= 0.6 is 0 Å². The average Bonchev–Trinajstić information content (AvgIpc) is 3.19. The molecule has 1 aliphatic rings. The fourth-order valence-corrected chi connectivity index (χ4v) is 3.70. The highest BCUT2D eigenvalue weighted by Gasteiger charge is 2.12. The molecule has 0 heterocycles. The summed E-state index contributed by atoms with van der Waals surface area (Å²) in [4.78, 5) is 0. The van der Waals surface area contributed by atoms with Gasteiger partial charge < -0.3 is 0 Å². The summed E-state index contributed by atoms with van der Waals surface area (Å²) in [5, 5.41) is 0. The molecule has 0 nitrogen and oxygen atoms in total. The second-order valence-corrected chi connectivity index (χ2v) is 7.18. The van der Waals surface area contributed by atoms with E-state index in [1.807, 2.05) is 0 Å². The van der Waals surface area contributed by atoms with E-state index in [4.69, 9.17) is 0 Å². The highest BCUT2D eigenvalue weighted by molar-refractivity contribution is 5.74. The van der Waals surface area contributed by atoms with Crippen LogP contribution in [0.1, 0.15) is 38.9 Å². The van der Waals surface area contributed by atoms with Gasteiger partial charge in [0.2, 0.25) is 0 Å². The van der Waals surface area contributed by atoms with Crippen molar-refractivity contribution >= 4 is 11.6 Å². The molecule has 0 aromatic heterocycles. The van der Waals surface area contributed by atoms with Crippen LogP contribution < -0.4 is 0 Å². The zero-order chi connectivity index (χ0) is 18.7. The molecule has 0 atom stereocenters. The van der Waals surface area contributed by atoms with Gasteiger partial charge in [0.1, 0.15) is 0 Å². The lowest BCUT2D eigenvalue weighted by Crippen LogP contribution is -1.99. The van der Waals surface area contributed by atoms with Crippen molar-refractivity contribution in [2.45, 2.75) is 34.6 Å². The highest BCUT2D eigenvalue weighted by atomic mass is 14.2. The first-order valence-electron chi connectivity index (χ1n) is 9.36. The summed E-state index contributed by atoms with van der Waals surface area (Å²) < 4.78 is 0. The quantitative estimate of drug-likeness (QED) is 0.522. The van der Waals surface area contributed by atoms with Crippen molar-refractivity contribution in [1.29, 1.82) is 0 Å². The highest BCUT2D eigenvalue weighted by Crippen LogP contribution is 2.30. The minimum atomic E-state index is 0.353. The molecule has 0 bridgehead atoms. The van der Waals surface area contributed by atoms with Crippen LogP contribution in [-0.4, -0.2) is 0 Å². The molecule has 2 aromatic rings. The van der Waals surface area contributed by atoms with Crippen molar-refractivity contribution in [2.24, 2.45) is 5.92 Å². The third-order valence-electron chi connectivity index (χ3n) is 5.81. The molecule has 1 aliphatic carbocycles.